The van der Waals surface area contributed by atoms with E-state index < -0.39 is 0 Å². The van der Waals surface area contributed by atoms with Crippen molar-refractivity contribution in [1.82, 2.24) is 10.2 Å². The van der Waals surface area contributed by atoms with E-state index in [1.54, 1.807) is 11.1 Å². The Morgan fingerprint density at radius 2 is 1.42 bits per heavy atom. The van der Waals surface area contributed by atoms with E-state index in [2.05, 4.69) is 95.6 Å². The Bertz CT molecular complexity index is 844. The lowest BCUT2D eigenvalue weighted by molar-refractivity contribution is 0.0375. The molecule has 1 aliphatic heterocycles. The Balaban J connectivity index is 0.000000629. The smallest absolute Gasteiger partial charge is 0.0594 e. The fraction of sp³-hybridized carbons (Fsp3) is 0.700. The first-order chi connectivity index (χ1) is 20.7. The molecule has 0 aromatic heterocycles. The molecule has 2 rings (SSSR count). The van der Waals surface area contributed by atoms with Gasteiger partial charge in [0.25, 0.3) is 0 Å². The summed E-state index contributed by atoms with van der Waals surface area (Å²) in [4.78, 5) is 2.46. The van der Waals surface area contributed by atoms with Crippen molar-refractivity contribution in [2.75, 3.05) is 46.4 Å². The summed E-state index contributed by atoms with van der Waals surface area (Å²) in [7, 11) is 2.00. The molecule has 3 nitrogen and oxygen atoms in total. The third-order valence-electron chi connectivity index (χ3n) is 8.02. The predicted octanol–water partition coefficient (Wildman–Crippen LogP) is 11.3. The van der Waals surface area contributed by atoms with E-state index >= 15 is 0 Å². The third kappa shape index (κ3) is 28.8. The van der Waals surface area contributed by atoms with Gasteiger partial charge < -0.3 is 10.1 Å². The van der Waals surface area contributed by atoms with Crippen LogP contribution >= 0.6 is 0 Å². The van der Waals surface area contributed by atoms with Crippen molar-refractivity contribution in [3.05, 3.63) is 70.4 Å². The van der Waals surface area contributed by atoms with Crippen molar-refractivity contribution in [3.8, 4) is 0 Å². The maximum atomic E-state index is 5.25. The number of morpholine rings is 1. The van der Waals surface area contributed by atoms with Gasteiger partial charge in [0, 0.05) is 13.1 Å². The minimum absolute atomic E-state index is 0.916. The van der Waals surface area contributed by atoms with E-state index in [0.29, 0.717) is 0 Å². The minimum atomic E-state index is 0.916. The fourth-order valence-corrected chi connectivity index (χ4v) is 5.02. The van der Waals surface area contributed by atoms with Gasteiger partial charge in [0.05, 0.1) is 13.2 Å². The van der Waals surface area contributed by atoms with Gasteiger partial charge in [-0.25, -0.2) is 0 Å². The Morgan fingerprint density at radius 3 is 1.93 bits per heavy atom. The average molecular weight is 597 g/mol. The second-order valence-corrected chi connectivity index (χ2v) is 12.9. The molecule has 0 spiro atoms. The third-order valence-corrected chi connectivity index (χ3v) is 8.02. The summed E-state index contributed by atoms with van der Waals surface area (Å²) in [6.45, 7) is 25.8. The molecular weight excluding hydrogens is 524 g/mol. The lowest BCUT2D eigenvalue weighted by atomic mass is 9.95. The van der Waals surface area contributed by atoms with Crippen molar-refractivity contribution in [2.45, 2.75) is 138 Å². The van der Waals surface area contributed by atoms with Crippen molar-refractivity contribution in [1.29, 1.82) is 0 Å². The Hall–Kier alpha value is -1.68. The molecule has 248 valence electrons. The number of nitrogens with zero attached hydrogens (tertiary/aromatic N) is 1. The highest BCUT2D eigenvalue weighted by Gasteiger charge is 2.08. The molecule has 1 heterocycles. The number of hydrogen-bond donors (Lipinski definition) is 1. The maximum Gasteiger partial charge on any atom is 0.0594 e. The first-order valence-corrected chi connectivity index (χ1v) is 17.5. The SMILES string of the molecule is C=C(CC)CC/C=C(\C)CCC=C(C)C.CC(C)=CCC/C(C)=C/CCC1=CCCCC1.CNCCCN1CCOCC1. The number of nitrogens with one attached hydrogen (secondary N) is 1. The Morgan fingerprint density at radius 1 is 0.837 bits per heavy atom. The molecule has 43 heavy (non-hydrogen) atoms. The number of allylic oxidation sites excluding steroid dienone is 11. The van der Waals surface area contributed by atoms with E-state index in [1.165, 1.54) is 99.5 Å². The van der Waals surface area contributed by atoms with Crippen LogP contribution in [0.2, 0.25) is 0 Å². The first-order valence-electron chi connectivity index (χ1n) is 17.5. The van der Waals surface area contributed by atoms with Gasteiger partial charge in [-0.2, -0.15) is 0 Å². The maximum absolute atomic E-state index is 5.25. The van der Waals surface area contributed by atoms with Crippen LogP contribution in [0.4, 0.5) is 0 Å². The largest absolute Gasteiger partial charge is 0.379 e. The fourth-order valence-electron chi connectivity index (χ4n) is 5.02. The molecule has 1 aliphatic carbocycles. The lowest BCUT2D eigenvalue weighted by Gasteiger charge is -2.26. The molecule has 3 heteroatoms. The highest BCUT2D eigenvalue weighted by Crippen LogP contribution is 2.22. The van der Waals surface area contributed by atoms with Gasteiger partial charge in [-0.1, -0.05) is 77.3 Å². The summed E-state index contributed by atoms with van der Waals surface area (Å²) in [5, 5.41) is 3.15. The van der Waals surface area contributed by atoms with Gasteiger partial charge in [0.2, 0.25) is 0 Å². The van der Waals surface area contributed by atoms with Gasteiger partial charge in [0.1, 0.15) is 0 Å². The quantitative estimate of drug-likeness (QED) is 0.133. The van der Waals surface area contributed by atoms with Gasteiger partial charge >= 0.3 is 0 Å². The molecular formula is C40H72N2O. The lowest BCUT2D eigenvalue weighted by Crippen LogP contribution is -2.37. The molecule has 0 radical (unpaired) electrons. The average Bonchev–Trinajstić information content (AvgIpc) is 2.98. The van der Waals surface area contributed by atoms with Crippen molar-refractivity contribution < 1.29 is 4.74 Å². The van der Waals surface area contributed by atoms with Gasteiger partial charge in [-0.3, -0.25) is 4.90 Å². The van der Waals surface area contributed by atoms with Gasteiger partial charge in [-0.05, 0) is 152 Å². The summed E-state index contributed by atoms with van der Waals surface area (Å²) in [6.07, 6.45) is 29.4. The van der Waals surface area contributed by atoms with Crippen molar-refractivity contribution in [2.24, 2.45) is 0 Å². The molecule has 1 N–H and O–H groups in total. The summed E-state index contributed by atoms with van der Waals surface area (Å²) < 4.78 is 5.25. The van der Waals surface area contributed by atoms with Crippen LogP contribution in [-0.4, -0.2) is 51.3 Å². The Kier molecular flexibility index (Phi) is 27.9. The van der Waals surface area contributed by atoms with E-state index in [4.69, 9.17) is 4.74 Å². The standard InChI is InChI=1S/C17H28.C15H26.C8H18N2O/c1-15(2)9-7-10-16(3)11-8-14-17-12-5-4-6-13-17;1-6-14(4)10-8-12-15(5)11-7-9-13(2)3;1-9-3-2-4-10-5-7-11-8-6-10/h9,11-12H,4-8,10,13-14H2,1-3H3;9,12H,4,6-8,10-11H2,1-3,5H3;9H,2-8H2,1H3/b16-11+;15-12+;. The summed E-state index contributed by atoms with van der Waals surface area (Å²) in [6, 6.07) is 0. The van der Waals surface area contributed by atoms with E-state index in [-0.39, 0.29) is 0 Å². The molecule has 1 saturated heterocycles. The normalized spacial score (nSPS) is 15.8. The van der Waals surface area contributed by atoms with Crippen LogP contribution in [-0.2, 0) is 4.74 Å². The molecule has 0 aromatic rings. The van der Waals surface area contributed by atoms with Gasteiger partial charge in [0.15, 0.2) is 0 Å². The molecule has 0 amide bonds. The number of hydrogen-bond acceptors (Lipinski definition) is 3. The first kappa shape index (κ1) is 41.3. The highest BCUT2D eigenvalue weighted by atomic mass is 16.5. The van der Waals surface area contributed by atoms with Crippen LogP contribution < -0.4 is 5.32 Å². The zero-order valence-corrected chi connectivity index (χ0v) is 30.1. The second-order valence-electron chi connectivity index (χ2n) is 12.9. The van der Waals surface area contributed by atoms with E-state index in [1.807, 2.05) is 7.05 Å². The molecule has 0 unspecified atom stereocenters. The van der Waals surface area contributed by atoms with E-state index in [0.717, 1.165) is 52.1 Å². The van der Waals surface area contributed by atoms with Crippen molar-refractivity contribution >= 4 is 0 Å². The summed E-state index contributed by atoms with van der Waals surface area (Å²) in [5.74, 6) is 0. The van der Waals surface area contributed by atoms with Crippen LogP contribution in [0.5, 0.6) is 0 Å². The Labute approximate surface area is 269 Å². The molecule has 0 atom stereocenters. The van der Waals surface area contributed by atoms with Crippen LogP contribution in [0.1, 0.15) is 138 Å². The van der Waals surface area contributed by atoms with Crippen LogP contribution in [0.25, 0.3) is 0 Å². The summed E-state index contributed by atoms with van der Waals surface area (Å²) >= 11 is 0. The molecule has 0 saturated carbocycles. The predicted molar refractivity (Wildman–Crippen MR) is 195 cm³/mol. The van der Waals surface area contributed by atoms with Crippen molar-refractivity contribution in [3.63, 3.8) is 0 Å². The highest BCUT2D eigenvalue weighted by molar-refractivity contribution is 5.08. The monoisotopic (exact) mass is 597 g/mol. The zero-order chi connectivity index (χ0) is 32.1. The minimum Gasteiger partial charge on any atom is -0.379 e. The summed E-state index contributed by atoms with van der Waals surface area (Å²) in [5.41, 5.74) is 8.98. The molecule has 0 aromatic carbocycles. The topological polar surface area (TPSA) is 24.5 Å². The molecule has 1 fully saturated rings. The zero-order valence-electron chi connectivity index (χ0n) is 30.1. The van der Waals surface area contributed by atoms with Gasteiger partial charge in [-0.15, -0.1) is 0 Å². The van der Waals surface area contributed by atoms with Crippen LogP contribution in [0, 0.1) is 0 Å². The van der Waals surface area contributed by atoms with E-state index in [9.17, 15) is 0 Å². The second kappa shape index (κ2) is 29.1. The number of ether oxygens (including phenoxy) is 1. The molecule has 2 aliphatic rings. The molecule has 0 bridgehead atoms. The van der Waals surface area contributed by atoms with Crippen LogP contribution in [0.3, 0.4) is 0 Å². The number of rotatable bonds is 17. The van der Waals surface area contributed by atoms with Crippen LogP contribution in [0.15, 0.2) is 70.4 Å².